The van der Waals surface area contributed by atoms with Crippen molar-refractivity contribution in [2.75, 3.05) is 5.32 Å². The maximum absolute atomic E-state index is 12.2. The van der Waals surface area contributed by atoms with Crippen LogP contribution >= 0.6 is 11.3 Å². The summed E-state index contributed by atoms with van der Waals surface area (Å²) in [6.07, 6.45) is -0.173. The van der Waals surface area contributed by atoms with Crippen molar-refractivity contribution in [3.63, 3.8) is 0 Å². The lowest BCUT2D eigenvalue weighted by atomic mass is 10.1. The summed E-state index contributed by atoms with van der Waals surface area (Å²) >= 11 is 1.38. The highest BCUT2D eigenvalue weighted by atomic mass is 32.1. The molecule has 0 aliphatic carbocycles. The molecule has 0 fully saturated rings. The van der Waals surface area contributed by atoms with E-state index < -0.39 is 6.10 Å². The number of benzene rings is 1. The molecule has 0 saturated heterocycles. The lowest BCUT2D eigenvalue weighted by molar-refractivity contribution is -0.125. The van der Waals surface area contributed by atoms with Gasteiger partial charge in [0.1, 0.15) is 5.01 Å². The van der Waals surface area contributed by atoms with E-state index in [4.69, 9.17) is 4.84 Å². The van der Waals surface area contributed by atoms with Gasteiger partial charge in [0.05, 0.1) is 5.71 Å². The van der Waals surface area contributed by atoms with Gasteiger partial charge in [-0.2, -0.15) is 0 Å². The second-order valence-electron chi connectivity index (χ2n) is 5.29. The Morgan fingerprint density at radius 1 is 1.32 bits per heavy atom. The van der Waals surface area contributed by atoms with Gasteiger partial charge in [0.2, 0.25) is 11.2 Å². The summed E-state index contributed by atoms with van der Waals surface area (Å²) < 4.78 is 0. The van der Waals surface area contributed by atoms with E-state index in [1.807, 2.05) is 44.2 Å². The molecule has 0 saturated carbocycles. The van der Waals surface area contributed by atoms with Gasteiger partial charge in [0.15, 0.2) is 0 Å². The second-order valence-corrected chi connectivity index (χ2v) is 6.30. The quantitative estimate of drug-likeness (QED) is 0.941. The largest absolute Gasteiger partial charge is 0.382 e. The first kappa shape index (κ1) is 14.6. The van der Waals surface area contributed by atoms with Crippen molar-refractivity contribution in [3.05, 3.63) is 40.9 Å². The van der Waals surface area contributed by atoms with Crippen LogP contribution in [0, 0.1) is 0 Å². The zero-order valence-corrected chi connectivity index (χ0v) is 13.1. The molecular formula is C15H16N4O2S. The number of aromatic nitrogens is 2. The molecule has 0 radical (unpaired) electrons. The highest BCUT2D eigenvalue weighted by Gasteiger charge is 2.29. The summed E-state index contributed by atoms with van der Waals surface area (Å²) in [5, 5.41) is 16.1. The van der Waals surface area contributed by atoms with Crippen molar-refractivity contribution in [2.24, 2.45) is 5.16 Å². The SMILES string of the molecule is CC(C)c1nnc(NC(=O)C2CC(c3ccccc3)=NO2)s1. The van der Waals surface area contributed by atoms with Gasteiger partial charge in [-0.15, -0.1) is 10.2 Å². The minimum absolute atomic E-state index is 0.249. The summed E-state index contributed by atoms with van der Waals surface area (Å²) in [6, 6.07) is 9.69. The topological polar surface area (TPSA) is 76.5 Å². The Kier molecular flexibility index (Phi) is 4.15. The normalized spacial score (nSPS) is 17.2. The Morgan fingerprint density at radius 2 is 2.09 bits per heavy atom. The van der Waals surface area contributed by atoms with Gasteiger partial charge in [-0.05, 0) is 5.56 Å². The average molecular weight is 316 g/mol. The summed E-state index contributed by atoms with van der Waals surface area (Å²) in [5.74, 6) is 0.0417. The first-order valence-electron chi connectivity index (χ1n) is 7.06. The fourth-order valence-electron chi connectivity index (χ4n) is 2.02. The van der Waals surface area contributed by atoms with E-state index in [2.05, 4.69) is 20.7 Å². The van der Waals surface area contributed by atoms with Crippen LogP contribution in [-0.2, 0) is 9.63 Å². The number of hydrogen-bond acceptors (Lipinski definition) is 6. The zero-order valence-electron chi connectivity index (χ0n) is 12.3. The first-order valence-corrected chi connectivity index (χ1v) is 7.87. The molecule has 114 valence electrons. The van der Waals surface area contributed by atoms with Crippen LogP contribution in [0.4, 0.5) is 5.13 Å². The molecule has 1 aromatic heterocycles. The van der Waals surface area contributed by atoms with Gasteiger partial charge in [-0.25, -0.2) is 0 Å². The number of anilines is 1. The van der Waals surface area contributed by atoms with Gasteiger partial charge >= 0.3 is 0 Å². The summed E-state index contributed by atoms with van der Waals surface area (Å²) in [7, 11) is 0. The van der Waals surface area contributed by atoms with Crippen LogP contribution in [0.1, 0.15) is 36.8 Å². The van der Waals surface area contributed by atoms with Gasteiger partial charge in [0, 0.05) is 12.3 Å². The van der Waals surface area contributed by atoms with Gasteiger partial charge < -0.3 is 4.84 Å². The Hall–Kier alpha value is -2.28. The number of amides is 1. The molecule has 1 aromatic carbocycles. The molecule has 1 atom stereocenters. The Bertz CT molecular complexity index is 697. The number of carbonyl (C=O) groups excluding carboxylic acids is 1. The molecule has 1 aliphatic heterocycles. The lowest BCUT2D eigenvalue weighted by Crippen LogP contribution is -2.28. The number of oxime groups is 1. The molecule has 1 unspecified atom stereocenters. The molecule has 22 heavy (non-hydrogen) atoms. The Morgan fingerprint density at radius 3 is 2.77 bits per heavy atom. The standard InChI is InChI=1S/C15H16N4O2S/c1-9(2)14-17-18-15(22-14)16-13(20)12-8-11(19-21-12)10-6-4-3-5-7-10/h3-7,9,12H,8H2,1-2H3,(H,16,18,20). The predicted molar refractivity (Wildman–Crippen MR) is 85.1 cm³/mol. The van der Waals surface area contributed by atoms with Crippen molar-refractivity contribution in [3.8, 4) is 0 Å². The molecule has 7 heteroatoms. The van der Waals surface area contributed by atoms with Crippen LogP contribution in [0.3, 0.4) is 0 Å². The van der Waals surface area contributed by atoms with Crippen molar-refractivity contribution in [2.45, 2.75) is 32.3 Å². The number of hydrogen-bond donors (Lipinski definition) is 1. The van der Waals surface area contributed by atoms with Crippen LogP contribution in [0.5, 0.6) is 0 Å². The molecule has 6 nitrogen and oxygen atoms in total. The predicted octanol–water partition coefficient (Wildman–Crippen LogP) is 2.79. The fraction of sp³-hybridized carbons (Fsp3) is 0.333. The molecule has 0 spiro atoms. The first-order chi connectivity index (χ1) is 10.6. The van der Waals surface area contributed by atoms with E-state index in [0.717, 1.165) is 16.3 Å². The number of carbonyl (C=O) groups is 1. The van der Waals surface area contributed by atoms with E-state index in [1.54, 1.807) is 0 Å². The number of nitrogens with zero attached hydrogens (tertiary/aromatic N) is 3. The third-order valence-electron chi connectivity index (χ3n) is 3.23. The lowest BCUT2D eigenvalue weighted by Gasteiger charge is -2.06. The average Bonchev–Trinajstić information content (AvgIpc) is 3.17. The molecule has 2 aromatic rings. The van der Waals surface area contributed by atoms with Gasteiger partial charge in [-0.3, -0.25) is 10.1 Å². The van der Waals surface area contributed by atoms with Crippen LogP contribution < -0.4 is 5.32 Å². The highest BCUT2D eigenvalue weighted by Crippen LogP contribution is 2.23. The highest BCUT2D eigenvalue weighted by molar-refractivity contribution is 7.15. The summed E-state index contributed by atoms with van der Waals surface area (Å²) in [6.45, 7) is 4.07. The van der Waals surface area contributed by atoms with Crippen molar-refractivity contribution in [1.82, 2.24) is 10.2 Å². The molecular weight excluding hydrogens is 300 g/mol. The van der Waals surface area contributed by atoms with Crippen LogP contribution in [-0.4, -0.2) is 27.9 Å². The maximum Gasteiger partial charge on any atom is 0.270 e. The van der Waals surface area contributed by atoms with E-state index in [-0.39, 0.29) is 5.91 Å². The number of rotatable bonds is 4. The fourth-order valence-corrected chi connectivity index (χ4v) is 2.77. The minimum atomic E-state index is -0.624. The molecule has 1 N–H and O–H groups in total. The zero-order chi connectivity index (χ0) is 15.5. The monoisotopic (exact) mass is 316 g/mol. The van der Waals surface area contributed by atoms with Crippen molar-refractivity contribution < 1.29 is 9.63 Å². The van der Waals surface area contributed by atoms with Crippen LogP contribution in [0.15, 0.2) is 35.5 Å². The number of nitrogens with one attached hydrogen (secondary N) is 1. The molecule has 1 amide bonds. The smallest absolute Gasteiger partial charge is 0.270 e. The van der Waals surface area contributed by atoms with Crippen LogP contribution in [0.2, 0.25) is 0 Å². The van der Waals surface area contributed by atoms with Crippen LogP contribution in [0.25, 0.3) is 0 Å². The van der Waals surface area contributed by atoms with Gasteiger partial charge in [-0.1, -0.05) is 60.7 Å². The third kappa shape index (κ3) is 3.14. The van der Waals surface area contributed by atoms with E-state index in [1.165, 1.54) is 11.3 Å². The molecule has 2 heterocycles. The Labute approximate surface area is 132 Å². The second kappa shape index (κ2) is 6.23. The van der Waals surface area contributed by atoms with Gasteiger partial charge in [0.25, 0.3) is 5.91 Å². The van der Waals surface area contributed by atoms with Crippen molar-refractivity contribution in [1.29, 1.82) is 0 Å². The molecule has 1 aliphatic rings. The maximum atomic E-state index is 12.2. The van der Waals surface area contributed by atoms with E-state index >= 15 is 0 Å². The summed E-state index contributed by atoms with van der Waals surface area (Å²) in [4.78, 5) is 17.4. The minimum Gasteiger partial charge on any atom is -0.382 e. The Balaban J connectivity index is 1.60. The van der Waals surface area contributed by atoms with Crippen molar-refractivity contribution >= 4 is 28.1 Å². The third-order valence-corrected chi connectivity index (χ3v) is 4.37. The van der Waals surface area contributed by atoms with E-state index in [9.17, 15) is 4.79 Å². The molecule has 3 rings (SSSR count). The summed E-state index contributed by atoms with van der Waals surface area (Å²) in [5.41, 5.74) is 1.75. The van der Waals surface area contributed by atoms with E-state index in [0.29, 0.717) is 17.5 Å². The molecule has 0 bridgehead atoms.